The Morgan fingerprint density at radius 3 is 2.24 bits per heavy atom. The molecule has 1 saturated heterocycles. The Labute approximate surface area is 136 Å². The van der Waals surface area contributed by atoms with Crippen LogP contribution in [0.4, 0.5) is 5.69 Å². The molecule has 0 aromatic heterocycles. The molecule has 0 saturated carbocycles. The lowest BCUT2D eigenvalue weighted by atomic mass is 10.2. The number of likely N-dealkylation sites (N-methyl/N-ethyl adjacent to an activating group) is 1. The molecule has 0 bridgehead atoms. The predicted molar refractivity (Wildman–Crippen MR) is 88.3 cm³/mol. The molecule has 0 atom stereocenters. The van der Waals surface area contributed by atoms with Crippen LogP contribution >= 0.6 is 23.2 Å². The van der Waals surface area contributed by atoms with Crippen molar-refractivity contribution in [3.05, 3.63) is 28.2 Å². The van der Waals surface area contributed by atoms with E-state index in [-0.39, 0.29) is 5.91 Å². The lowest BCUT2D eigenvalue weighted by Gasteiger charge is -2.33. The fourth-order valence-electron chi connectivity index (χ4n) is 2.44. The van der Waals surface area contributed by atoms with Crippen molar-refractivity contribution in [3.8, 4) is 0 Å². The number of carbonyl (C=O) groups is 1. The Balaban J connectivity index is 1.75. The second-order valence-electron chi connectivity index (χ2n) is 5.23. The lowest BCUT2D eigenvalue weighted by Crippen LogP contribution is -2.46. The van der Waals surface area contributed by atoms with Crippen LogP contribution in [0.1, 0.15) is 13.3 Å². The van der Waals surface area contributed by atoms with Crippen molar-refractivity contribution in [3.63, 3.8) is 0 Å². The van der Waals surface area contributed by atoms with Crippen LogP contribution in [0.15, 0.2) is 18.2 Å². The number of benzene rings is 1. The monoisotopic (exact) mass is 329 g/mol. The van der Waals surface area contributed by atoms with Crippen LogP contribution in [0.5, 0.6) is 0 Å². The van der Waals surface area contributed by atoms with Crippen LogP contribution in [0.25, 0.3) is 0 Å². The summed E-state index contributed by atoms with van der Waals surface area (Å²) < 4.78 is 0. The van der Waals surface area contributed by atoms with E-state index >= 15 is 0 Å². The van der Waals surface area contributed by atoms with Crippen molar-refractivity contribution >= 4 is 34.8 Å². The van der Waals surface area contributed by atoms with Crippen molar-refractivity contribution in [2.45, 2.75) is 13.3 Å². The number of nitrogens with one attached hydrogen (secondary N) is 1. The molecule has 1 aliphatic heterocycles. The lowest BCUT2D eigenvalue weighted by molar-refractivity contribution is -0.116. The first kappa shape index (κ1) is 16.6. The fourth-order valence-corrected chi connectivity index (χ4v) is 2.96. The highest BCUT2D eigenvalue weighted by Crippen LogP contribution is 2.22. The first-order valence-corrected chi connectivity index (χ1v) is 8.03. The third-order valence-electron chi connectivity index (χ3n) is 3.71. The Morgan fingerprint density at radius 2 is 1.67 bits per heavy atom. The molecule has 4 nitrogen and oxygen atoms in total. The van der Waals surface area contributed by atoms with Gasteiger partial charge < -0.3 is 15.1 Å². The van der Waals surface area contributed by atoms with E-state index in [2.05, 4.69) is 22.0 Å². The van der Waals surface area contributed by atoms with Crippen LogP contribution in [-0.2, 0) is 4.79 Å². The van der Waals surface area contributed by atoms with Crippen molar-refractivity contribution in [1.82, 2.24) is 9.80 Å². The predicted octanol–water partition coefficient (Wildman–Crippen LogP) is 2.96. The summed E-state index contributed by atoms with van der Waals surface area (Å²) in [6, 6.07) is 5.04. The van der Waals surface area contributed by atoms with Gasteiger partial charge in [-0.25, -0.2) is 0 Å². The number of amides is 1. The van der Waals surface area contributed by atoms with Crippen LogP contribution in [-0.4, -0.2) is 55.0 Å². The van der Waals surface area contributed by atoms with E-state index in [9.17, 15) is 4.79 Å². The summed E-state index contributed by atoms with van der Waals surface area (Å²) in [5.74, 6) is -0.00810. The van der Waals surface area contributed by atoms with Gasteiger partial charge in [0, 0.05) is 54.9 Å². The Kier molecular flexibility index (Phi) is 6.30. The highest BCUT2D eigenvalue weighted by atomic mass is 35.5. The SMILES string of the molecule is CCN1CCN(CCC(=O)Nc2cc(Cl)cc(Cl)c2)CC1. The molecule has 1 fully saturated rings. The summed E-state index contributed by atoms with van der Waals surface area (Å²) in [5.41, 5.74) is 0.647. The normalized spacial score (nSPS) is 16.9. The zero-order chi connectivity index (χ0) is 15.2. The Morgan fingerprint density at radius 1 is 1.10 bits per heavy atom. The number of hydrogen-bond acceptors (Lipinski definition) is 3. The zero-order valence-corrected chi connectivity index (χ0v) is 13.8. The topological polar surface area (TPSA) is 35.6 Å². The summed E-state index contributed by atoms with van der Waals surface area (Å²) in [6.07, 6.45) is 0.482. The maximum absolute atomic E-state index is 12.0. The Hall–Kier alpha value is -0.810. The molecule has 6 heteroatoms. The van der Waals surface area contributed by atoms with Gasteiger partial charge in [0.2, 0.25) is 5.91 Å². The smallest absolute Gasteiger partial charge is 0.225 e. The van der Waals surface area contributed by atoms with Gasteiger partial charge in [-0.1, -0.05) is 30.1 Å². The molecule has 0 aliphatic carbocycles. The van der Waals surface area contributed by atoms with Crippen LogP contribution < -0.4 is 5.32 Å². The highest BCUT2D eigenvalue weighted by molar-refractivity contribution is 6.35. The summed E-state index contributed by atoms with van der Waals surface area (Å²) in [7, 11) is 0. The van der Waals surface area contributed by atoms with Crippen molar-refractivity contribution in [2.75, 3.05) is 44.6 Å². The molecular weight excluding hydrogens is 309 g/mol. The van der Waals surface area contributed by atoms with Gasteiger partial charge in [-0.2, -0.15) is 0 Å². The van der Waals surface area contributed by atoms with E-state index in [1.165, 1.54) is 0 Å². The van der Waals surface area contributed by atoms with Gasteiger partial charge in [0.15, 0.2) is 0 Å². The van der Waals surface area contributed by atoms with Gasteiger partial charge in [0.05, 0.1) is 0 Å². The zero-order valence-electron chi connectivity index (χ0n) is 12.2. The minimum atomic E-state index is -0.00810. The molecule has 2 rings (SSSR count). The number of nitrogens with zero attached hydrogens (tertiary/aromatic N) is 2. The number of halogens is 2. The second kappa shape index (κ2) is 7.99. The standard InChI is InChI=1S/C15H21Cl2N3O/c1-2-19-5-7-20(8-6-19)4-3-15(21)18-14-10-12(16)9-13(17)11-14/h9-11H,2-8H2,1H3,(H,18,21). The van der Waals surface area contributed by atoms with Gasteiger partial charge in [0.1, 0.15) is 0 Å². The van der Waals surface area contributed by atoms with Crippen molar-refractivity contribution in [1.29, 1.82) is 0 Å². The van der Waals surface area contributed by atoms with Gasteiger partial charge in [-0.05, 0) is 24.7 Å². The number of rotatable bonds is 5. The first-order valence-electron chi connectivity index (χ1n) is 7.27. The molecule has 1 aromatic carbocycles. The summed E-state index contributed by atoms with van der Waals surface area (Å²) in [4.78, 5) is 16.7. The van der Waals surface area contributed by atoms with Gasteiger partial charge in [0.25, 0.3) is 0 Å². The van der Waals surface area contributed by atoms with E-state index in [4.69, 9.17) is 23.2 Å². The number of carbonyl (C=O) groups excluding carboxylic acids is 1. The summed E-state index contributed by atoms with van der Waals surface area (Å²) in [5, 5.41) is 3.88. The van der Waals surface area contributed by atoms with Crippen LogP contribution in [0.2, 0.25) is 10.0 Å². The van der Waals surface area contributed by atoms with E-state index in [1.807, 2.05) is 0 Å². The minimum Gasteiger partial charge on any atom is -0.326 e. The molecule has 1 aromatic rings. The molecule has 21 heavy (non-hydrogen) atoms. The highest BCUT2D eigenvalue weighted by Gasteiger charge is 2.16. The largest absolute Gasteiger partial charge is 0.326 e. The molecule has 0 unspecified atom stereocenters. The number of piperazine rings is 1. The average Bonchev–Trinajstić information content (AvgIpc) is 2.44. The average molecular weight is 330 g/mol. The third-order valence-corrected chi connectivity index (χ3v) is 4.15. The van der Waals surface area contributed by atoms with Gasteiger partial charge in [-0.15, -0.1) is 0 Å². The molecule has 0 spiro atoms. The van der Waals surface area contributed by atoms with Crippen molar-refractivity contribution in [2.24, 2.45) is 0 Å². The van der Waals surface area contributed by atoms with E-state index in [0.29, 0.717) is 22.2 Å². The molecule has 1 amide bonds. The van der Waals surface area contributed by atoms with E-state index in [0.717, 1.165) is 39.3 Å². The van der Waals surface area contributed by atoms with Crippen LogP contribution in [0, 0.1) is 0 Å². The van der Waals surface area contributed by atoms with Crippen molar-refractivity contribution < 1.29 is 4.79 Å². The molecule has 1 N–H and O–H groups in total. The Bertz CT molecular complexity index is 468. The summed E-state index contributed by atoms with van der Waals surface area (Å²) >= 11 is 11.8. The molecular formula is C15H21Cl2N3O. The third kappa shape index (κ3) is 5.47. The minimum absolute atomic E-state index is 0.00810. The molecule has 116 valence electrons. The van der Waals surface area contributed by atoms with Crippen LogP contribution in [0.3, 0.4) is 0 Å². The molecule has 1 aliphatic rings. The fraction of sp³-hybridized carbons (Fsp3) is 0.533. The van der Waals surface area contributed by atoms with E-state index < -0.39 is 0 Å². The van der Waals surface area contributed by atoms with E-state index in [1.54, 1.807) is 18.2 Å². The molecule has 0 radical (unpaired) electrons. The molecule has 1 heterocycles. The number of anilines is 1. The quantitative estimate of drug-likeness (QED) is 0.902. The number of hydrogen-bond donors (Lipinski definition) is 1. The first-order chi connectivity index (χ1) is 10.1. The maximum atomic E-state index is 12.0. The van der Waals surface area contributed by atoms with Gasteiger partial charge >= 0.3 is 0 Å². The van der Waals surface area contributed by atoms with Gasteiger partial charge in [-0.3, -0.25) is 4.79 Å². The maximum Gasteiger partial charge on any atom is 0.225 e. The second-order valence-corrected chi connectivity index (χ2v) is 6.11. The summed E-state index contributed by atoms with van der Waals surface area (Å²) in [6.45, 7) is 8.30.